The predicted molar refractivity (Wildman–Crippen MR) is 79.4 cm³/mol. The van der Waals surface area contributed by atoms with Crippen molar-refractivity contribution in [2.45, 2.75) is 12.9 Å². The number of nitro benzene ring substituents is 1. The van der Waals surface area contributed by atoms with E-state index in [1.807, 2.05) is 0 Å². The van der Waals surface area contributed by atoms with Crippen molar-refractivity contribution >= 4 is 25.1 Å². The van der Waals surface area contributed by atoms with Gasteiger partial charge in [0.05, 0.1) is 16.5 Å². The monoisotopic (exact) mass is 287 g/mol. The molecule has 0 saturated heterocycles. The SMILES string of the molecule is [B]C(C)Oc1ccc(-c2ccc(Cl)cc2[N+](=O)[O-])cc1. The fraction of sp³-hybridized carbons (Fsp3) is 0.143. The van der Waals surface area contributed by atoms with Crippen LogP contribution < -0.4 is 4.74 Å². The Hall–Kier alpha value is -2.01. The molecule has 20 heavy (non-hydrogen) atoms. The second-order valence-corrected chi connectivity index (χ2v) is 4.70. The van der Waals surface area contributed by atoms with Crippen molar-refractivity contribution < 1.29 is 9.66 Å². The first-order valence-corrected chi connectivity index (χ1v) is 6.32. The van der Waals surface area contributed by atoms with Crippen LogP contribution in [0.4, 0.5) is 5.69 Å². The molecule has 2 rings (SSSR count). The zero-order chi connectivity index (χ0) is 14.7. The van der Waals surface area contributed by atoms with E-state index in [1.165, 1.54) is 6.07 Å². The highest BCUT2D eigenvalue weighted by Crippen LogP contribution is 2.33. The van der Waals surface area contributed by atoms with E-state index in [2.05, 4.69) is 0 Å². The first kappa shape index (κ1) is 14.4. The quantitative estimate of drug-likeness (QED) is 0.488. The van der Waals surface area contributed by atoms with Gasteiger partial charge in [-0.3, -0.25) is 10.1 Å². The second-order valence-electron chi connectivity index (χ2n) is 4.27. The number of nitro groups is 1. The van der Waals surface area contributed by atoms with Crippen molar-refractivity contribution in [3.63, 3.8) is 0 Å². The van der Waals surface area contributed by atoms with Gasteiger partial charge < -0.3 is 4.74 Å². The minimum atomic E-state index is -0.451. The van der Waals surface area contributed by atoms with Crippen molar-refractivity contribution in [2.24, 2.45) is 0 Å². The molecular formula is C14H11BClNO3. The smallest absolute Gasteiger partial charge is 0.278 e. The first-order chi connectivity index (χ1) is 9.47. The Bertz CT molecular complexity index is 629. The molecule has 2 aromatic carbocycles. The number of hydrogen-bond donors (Lipinski definition) is 0. The van der Waals surface area contributed by atoms with Crippen LogP contribution in [0.3, 0.4) is 0 Å². The van der Waals surface area contributed by atoms with E-state index in [9.17, 15) is 10.1 Å². The van der Waals surface area contributed by atoms with Crippen molar-refractivity contribution in [2.75, 3.05) is 0 Å². The van der Waals surface area contributed by atoms with Gasteiger partial charge in [-0.25, -0.2) is 0 Å². The minimum Gasteiger partial charge on any atom is -0.501 e. The lowest BCUT2D eigenvalue weighted by Crippen LogP contribution is -2.10. The van der Waals surface area contributed by atoms with Gasteiger partial charge in [0.2, 0.25) is 0 Å². The third-order valence-electron chi connectivity index (χ3n) is 2.64. The predicted octanol–water partition coefficient (Wildman–Crippen LogP) is 3.81. The van der Waals surface area contributed by atoms with Gasteiger partial charge in [-0.05, 0) is 36.8 Å². The Morgan fingerprint density at radius 1 is 1.25 bits per heavy atom. The average molecular weight is 288 g/mol. The van der Waals surface area contributed by atoms with Gasteiger partial charge in [-0.15, -0.1) is 0 Å². The van der Waals surface area contributed by atoms with Crippen molar-refractivity contribution in [3.8, 4) is 16.9 Å². The molecule has 0 aliphatic rings. The van der Waals surface area contributed by atoms with Gasteiger partial charge >= 0.3 is 0 Å². The summed E-state index contributed by atoms with van der Waals surface area (Å²) >= 11 is 5.79. The standard InChI is InChI=1S/C14H11BClNO3/c1-9(15)20-12-5-2-10(3-6-12)13-7-4-11(16)8-14(13)17(18)19/h2-9H,1H3. The Balaban J connectivity index is 2.39. The van der Waals surface area contributed by atoms with Crippen LogP contribution in [0.5, 0.6) is 5.75 Å². The average Bonchev–Trinajstić information content (AvgIpc) is 2.39. The van der Waals surface area contributed by atoms with Crippen LogP contribution in [0.15, 0.2) is 42.5 Å². The number of hydrogen-bond acceptors (Lipinski definition) is 3. The summed E-state index contributed by atoms with van der Waals surface area (Å²) in [5.41, 5.74) is 1.19. The highest BCUT2D eigenvalue weighted by atomic mass is 35.5. The lowest BCUT2D eigenvalue weighted by Gasteiger charge is -2.10. The number of ether oxygens (including phenoxy) is 1. The van der Waals surface area contributed by atoms with Crippen molar-refractivity contribution in [1.29, 1.82) is 0 Å². The Kier molecular flexibility index (Phi) is 4.30. The zero-order valence-electron chi connectivity index (χ0n) is 10.7. The topological polar surface area (TPSA) is 52.4 Å². The molecule has 0 saturated carbocycles. The molecule has 0 heterocycles. The van der Waals surface area contributed by atoms with Crippen LogP contribution in [0, 0.1) is 10.1 Å². The van der Waals surface area contributed by atoms with Crippen LogP contribution in [-0.2, 0) is 0 Å². The normalized spacial score (nSPS) is 11.9. The Morgan fingerprint density at radius 2 is 1.90 bits per heavy atom. The van der Waals surface area contributed by atoms with E-state index >= 15 is 0 Å². The number of rotatable bonds is 4. The van der Waals surface area contributed by atoms with Crippen LogP contribution in [-0.4, -0.2) is 18.8 Å². The lowest BCUT2D eigenvalue weighted by atomic mass is 10.0. The molecule has 0 spiro atoms. The van der Waals surface area contributed by atoms with Crippen LogP contribution in [0.2, 0.25) is 5.02 Å². The fourth-order valence-electron chi connectivity index (χ4n) is 1.83. The molecule has 1 unspecified atom stereocenters. The molecule has 1 atom stereocenters. The zero-order valence-corrected chi connectivity index (χ0v) is 11.5. The first-order valence-electron chi connectivity index (χ1n) is 5.94. The largest absolute Gasteiger partial charge is 0.501 e. The van der Waals surface area contributed by atoms with Gasteiger partial charge in [-0.1, -0.05) is 23.7 Å². The molecule has 0 bridgehead atoms. The Morgan fingerprint density at radius 3 is 2.45 bits per heavy atom. The van der Waals surface area contributed by atoms with Crippen LogP contribution in [0.1, 0.15) is 6.92 Å². The third-order valence-corrected chi connectivity index (χ3v) is 2.88. The van der Waals surface area contributed by atoms with Gasteiger partial charge in [0, 0.05) is 11.1 Å². The molecule has 6 heteroatoms. The van der Waals surface area contributed by atoms with Crippen LogP contribution in [0.25, 0.3) is 11.1 Å². The van der Waals surface area contributed by atoms with Crippen molar-refractivity contribution in [1.82, 2.24) is 0 Å². The van der Waals surface area contributed by atoms with E-state index in [-0.39, 0.29) is 5.69 Å². The molecule has 2 aromatic rings. The van der Waals surface area contributed by atoms with Crippen molar-refractivity contribution in [3.05, 3.63) is 57.6 Å². The molecule has 0 aliphatic carbocycles. The van der Waals surface area contributed by atoms with E-state index in [0.29, 0.717) is 21.9 Å². The lowest BCUT2D eigenvalue weighted by molar-refractivity contribution is -0.384. The van der Waals surface area contributed by atoms with Gasteiger partial charge in [0.25, 0.3) is 5.69 Å². The van der Waals surface area contributed by atoms with Gasteiger partial charge in [0.1, 0.15) is 13.6 Å². The molecule has 0 aliphatic heterocycles. The summed E-state index contributed by atoms with van der Waals surface area (Å²) in [7, 11) is 5.53. The number of nitrogens with zero attached hydrogens (tertiary/aromatic N) is 1. The molecule has 4 nitrogen and oxygen atoms in total. The molecular weight excluding hydrogens is 276 g/mol. The van der Waals surface area contributed by atoms with E-state index in [4.69, 9.17) is 24.2 Å². The summed E-state index contributed by atoms with van der Waals surface area (Å²) in [5.74, 6) is 0.611. The maximum absolute atomic E-state index is 11.1. The summed E-state index contributed by atoms with van der Waals surface area (Å²) in [6.07, 6.45) is 0. The molecule has 0 amide bonds. The number of halogens is 1. The third kappa shape index (κ3) is 3.30. The summed E-state index contributed by atoms with van der Waals surface area (Å²) in [6.45, 7) is 1.72. The fourth-order valence-corrected chi connectivity index (χ4v) is 1.99. The summed E-state index contributed by atoms with van der Waals surface area (Å²) in [6, 6.07) is 11.1. The minimum absolute atomic E-state index is 0.0293. The van der Waals surface area contributed by atoms with E-state index in [0.717, 1.165) is 0 Å². The van der Waals surface area contributed by atoms with Crippen LogP contribution >= 0.6 is 11.6 Å². The summed E-state index contributed by atoms with van der Waals surface area (Å²) in [5, 5.41) is 11.4. The van der Waals surface area contributed by atoms with Gasteiger partial charge in [0.15, 0.2) is 0 Å². The summed E-state index contributed by atoms with van der Waals surface area (Å²) < 4.78 is 5.32. The second kappa shape index (κ2) is 5.97. The molecule has 0 fully saturated rings. The highest BCUT2D eigenvalue weighted by molar-refractivity contribution is 6.30. The molecule has 0 N–H and O–H groups in total. The van der Waals surface area contributed by atoms with Gasteiger partial charge in [-0.2, -0.15) is 0 Å². The van der Waals surface area contributed by atoms with E-state index in [1.54, 1.807) is 43.3 Å². The molecule has 0 aromatic heterocycles. The Labute approximate surface area is 122 Å². The highest BCUT2D eigenvalue weighted by Gasteiger charge is 2.15. The summed E-state index contributed by atoms with van der Waals surface area (Å²) in [4.78, 5) is 10.6. The molecule has 100 valence electrons. The molecule has 2 radical (unpaired) electrons. The maximum Gasteiger partial charge on any atom is 0.278 e. The van der Waals surface area contributed by atoms with E-state index < -0.39 is 10.9 Å². The number of benzene rings is 2. The maximum atomic E-state index is 11.1.